The Balaban J connectivity index is 1.82. The largest absolute Gasteiger partial charge is 0.493 e. The molecule has 0 fully saturated rings. The summed E-state index contributed by atoms with van der Waals surface area (Å²) in [5.74, 6) is -0.300. The third-order valence-electron chi connectivity index (χ3n) is 5.77. The lowest BCUT2D eigenvalue weighted by Crippen LogP contribution is -2.28. The molecule has 160 valence electrons. The van der Waals surface area contributed by atoms with Crippen molar-refractivity contribution in [2.75, 3.05) is 13.7 Å². The number of halogens is 1. The van der Waals surface area contributed by atoms with Crippen LogP contribution in [0, 0.1) is 5.82 Å². The van der Waals surface area contributed by atoms with Crippen LogP contribution in [0.25, 0.3) is 21.9 Å². The summed E-state index contributed by atoms with van der Waals surface area (Å²) in [6, 6.07) is 18.9. The van der Waals surface area contributed by atoms with E-state index >= 15 is 0 Å². The molecule has 0 spiro atoms. The van der Waals surface area contributed by atoms with Crippen LogP contribution in [-0.4, -0.2) is 24.3 Å². The van der Waals surface area contributed by atoms with E-state index in [1.807, 2.05) is 48.5 Å². The summed E-state index contributed by atoms with van der Waals surface area (Å²) in [5, 5.41) is 0.711. The molecule has 5 nitrogen and oxygen atoms in total. The number of carbonyl (C=O) groups excluding carboxylic acids is 1. The number of esters is 1. The molecule has 0 amide bonds. The van der Waals surface area contributed by atoms with Gasteiger partial charge in [0.2, 0.25) is 0 Å². The lowest BCUT2D eigenvalue weighted by molar-refractivity contribution is 0.0588. The normalized spacial score (nSPS) is 12.4. The molecule has 5 rings (SSSR count). The molecule has 0 bridgehead atoms. The Labute approximate surface area is 183 Å². The van der Waals surface area contributed by atoms with Gasteiger partial charge in [0.05, 0.1) is 20.3 Å². The lowest BCUT2D eigenvalue weighted by atomic mass is 9.96. The van der Waals surface area contributed by atoms with Gasteiger partial charge in [-0.3, -0.25) is 9.36 Å². The molecular formula is C26H20FNO4. The second-order valence-electron chi connectivity index (χ2n) is 7.70. The van der Waals surface area contributed by atoms with Gasteiger partial charge >= 0.3 is 5.97 Å². The van der Waals surface area contributed by atoms with Gasteiger partial charge in [0.15, 0.2) is 0 Å². The van der Waals surface area contributed by atoms with E-state index in [0.717, 1.165) is 23.3 Å². The number of aromatic nitrogens is 1. The molecule has 0 atom stereocenters. The fourth-order valence-corrected chi connectivity index (χ4v) is 4.30. The van der Waals surface area contributed by atoms with E-state index in [-0.39, 0.29) is 17.8 Å². The monoisotopic (exact) mass is 429 g/mol. The van der Waals surface area contributed by atoms with Crippen LogP contribution in [0.1, 0.15) is 21.6 Å². The molecule has 0 saturated carbocycles. The maximum Gasteiger partial charge on any atom is 0.355 e. The number of pyridine rings is 1. The molecule has 0 radical (unpaired) electrons. The average Bonchev–Trinajstić information content (AvgIpc) is 3.28. The zero-order valence-electron chi connectivity index (χ0n) is 17.4. The van der Waals surface area contributed by atoms with Crippen molar-refractivity contribution in [3.8, 4) is 16.9 Å². The number of nitrogens with zero attached hydrogens (tertiary/aromatic N) is 1. The third-order valence-corrected chi connectivity index (χ3v) is 5.77. The Bertz CT molecular complexity index is 1410. The number of methoxy groups -OCH3 is 1. The third kappa shape index (κ3) is 3.34. The molecule has 2 heterocycles. The number of benzene rings is 3. The van der Waals surface area contributed by atoms with Gasteiger partial charge in [0, 0.05) is 22.8 Å². The van der Waals surface area contributed by atoms with Crippen LogP contribution >= 0.6 is 0 Å². The Morgan fingerprint density at radius 1 is 1.06 bits per heavy atom. The second-order valence-corrected chi connectivity index (χ2v) is 7.70. The van der Waals surface area contributed by atoms with E-state index in [1.54, 1.807) is 0 Å². The average molecular weight is 429 g/mol. The minimum Gasteiger partial charge on any atom is -0.493 e. The van der Waals surface area contributed by atoms with Gasteiger partial charge in [-0.25, -0.2) is 9.18 Å². The van der Waals surface area contributed by atoms with Crippen LogP contribution in [0.4, 0.5) is 4.39 Å². The van der Waals surface area contributed by atoms with E-state index in [1.165, 1.54) is 29.9 Å². The van der Waals surface area contributed by atoms with Crippen molar-refractivity contribution in [3.63, 3.8) is 0 Å². The van der Waals surface area contributed by atoms with Crippen LogP contribution in [-0.2, 0) is 17.7 Å². The maximum atomic E-state index is 14.2. The first-order valence-electron chi connectivity index (χ1n) is 10.3. The number of carbonyl (C=O) groups is 1. The van der Waals surface area contributed by atoms with Gasteiger partial charge in [-0.1, -0.05) is 42.5 Å². The highest BCUT2D eigenvalue weighted by Gasteiger charge is 2.25. The predicted molar refractivity (Wildman–Crippen MR) is 120 cm³/mol. The Morgan fingerprint density at radius 3 is 2.66 bits per heavy atom. The van der Waals surface area contributed by atoms with Crippen molar-refractivity contribution in [1.82, 2.24) is 4.57 Å². The van der Waals surface area contributed by atoms with E-state index < -0.39 is 11.8 Å². The first-order chi connectivity index (χ1) is 15.6. The molecule has 0 N–H and O–H groups in total. The molecule has 1 aliphatic heterocycles. The smallest absolute Gasteiger partial charge is 0.355 e. The molecule has 0 aliphatic carbocycles. The van der Waals surface area contributed by atoms with E-state index in [4.69, 9.17) is 9.47 Å². The van der Waals surface area contributed by atoms with Crippen molar-refractivity contribution >= 4 is 16.7 Å². The Kier molecular flexibility index (Phi) is 4.98. The fraction of sp³-hybridized carbons (Fsp3) is 0.154. The molecule has 3 aromatic carbocycles. The van der Waals surface area contributed by atoms with Gasteiger partial charge in [-0.15, -0.1) is 0 Å². The highest BCUT2D eigenvalue weighted by Crippen LogP contribution is 2.32. The summed E-state index contributed by atoms with van der Waals surface area (Å²) in [4.78, 5) is 26.5. The summed E-state index contributed by atoms with van der Waals surface area (Å²) in [6.07, 6.45) is 0.800. The highest BCUT2D eigenvalue weighted by molar-refractivity contribution is 6.06. The minimum atomic E-state index is -0.656. The summed E-state index contributed by atoms with van der Waals surface area (Å²) >= 11 is 0. The van der Waals surface area contributed by atoms with Crippen molar-refractivity contribution in [3.05, 3.63) is 99.7 Å². The Morgan fingerprint density at radius 2 is 1.88 bits per heavy atom. The topological polar surface area (TPSA) is 57.5 Å². The predicted octanol–water partition coefficient (Wildman–Crippen LogP) is 4.58. The summed E-state index contributed by atoms with van der Waals surface area (Å²) < 4.78 is 26.3. The zero-order chi connectivity index (χ0) is 22.2. The van der Waals surface area contributed by atoms with Crippen LogP contribution in [0.3, 0.4) is 0 Å². The van der Waals surface area contributed by atoms with Crippen LogP contribution < -0.4 is 10.3 Å². The fourth-order valence-electron chi connectivity index (χ4n) is 4.30. The number of hydrogen-bond acceptors (Lipinski definition) is 4. The molecule has 4 aromatic rings. The van der Waals surface area contributed by atoms with Crippen LogP contribution in [0.15, 0.2) is 71.5 Å². The van der Waals surface area contributed by atoms with Gasteiger partial charge in [0.25, 0.3) is 5.56 Å². The molecule has 1 aromatic heterocycles. The molecule has 6 heteroatoms. The number of hydrogen-bond donors (Lipinski definition) is 0. The van der Waals surface area contributed by atoms with Crippen molar-refractivity contribution in [2.45, 2.75) is 13.0 Å². The summed E-state index contributed by atoms with van der Waals surface area (Å²) in [7, 11) is 1.27. The molecule has 32 heavy (non-hydrogen) atoms. The number of fused-ring (bicyclic) bond motifs is 2. The van der Waals surface area contributed by atoms with E-state index in [0.29, 0.717) is 28.5 Å². The maximum absolute atomic E-state index is 14.2. The van der Waals surface area contributed by atoms with Crippen LogP contribution in [0.5, 0.6) is 5.75 Å². The first kappa shape index (κ1) is 20.0. The van der Waals surface area contributed by atoms with Gasteiger partial charge in [0.1, 0.15) is 17.3 Å². The first-order valence-corrected chi connectivity index (χ1v) is 10.3. The van der Waals surface area contributed by atoms with Crippen molar-refractivity contribution < 1.29 is 18.7 Å². The standard InChI is InChI=1S/C26H20FNO4/c1-31-26(30)24-23(17-5-3-2-4-6-17)21-14-19(27)8-9-20(21)25(29)28(24)15-16-7-10-22-18(13-16)11-12-32-22/h2-10,13-14H,11-12,15H2,1H3. The van der Waals surface area contributed by atoms with Crippen molar-refractivity contribution in [2.24, 2.45) is 0 Å². The Hall–Kier alpha value is -3.93. The highest BCUT2D eigenvalue weighted by atomic mass is 19.1. The molecule has 1 aliphatic rings. The summed E-state index contributed by atoms with van der Waals surface area (Å²) in [5.41, 5.74) is 2.81. The van der Waals surface area contributed by atoms with E-state index in [9.17, 15) is 14.0 Å². The molecular weight excluding hydrogens is 409 g/mol. The molecule has 0 saturated heterocycles. The van der Waals surface area contributed by atoms with Gasteiger partial charge in [-0.05, 0) is 41.0 Å². The molecule has 0 unspecified atom stereocenters. The van der Waals surface area contributed by atoms with Crippen molar-refractivity contribution in [1.29, 1.82) is 0 Å². The van der Waals surface area contributed by atoms with Crippen LogP contribution in [0.2, 0.25) is 0 Å². The van der Waals surface area contributed by atoms with Gasteiger partial charge in [-0.2, -0.15) is 0 Å². The second kappa shape index (κ2) is 7.96. The minimum absolute atomic E-state index is 0.0959. The SMILES string of the molecule is COC(=O)c1c(-c2ccccc2)c2cc(F)ccc2c(=O)n1Cc1ccc2c(c1)CCO2. The van der Waals surface area contributed by atoms with Gasteiger partial charge < -0.3 is 9.47 Å². The quantitative estimate of drug-likeness (QED) is 0.446. The summed E-state index contributed by atoms with van der Waals surface area (Å²) in [6.45, 7) is 0.801. The lowest BCUT2D eigenvalue weighted by Gasteiger charge is -2.19. The number of ether oxygens (including phenoxy) is 2. The number of rotatable bonds is 4. The van der Waals surface area contributed by atoms with E-state index in [2.05, 4.69) is 0 Å². The zero-order valence-corrected chi connectivity index (χ0v) is 17.4.